The number of hydrogen-bond acceptors (Lipinski definition) is 4. The molecule has 0 aliphatic rings. The number of aryl methyl sites for hydroxylation is 2. The number of aromatic amines is 1. The lowest BCUT2D eigenvalue weighted by Crippen LogP contribution is -2.25. The van der Waals surface area contributed by atoms with E-state index in [1.54, 1.807) is 10.7 Å². The monoisotopic (exact) mass is 305 g/mol. The number of aromatic nitrogens is 4. The standard InChI is InChI=1S/C14H19N5O3/c1-8-13(9(2)19(3)18-8)10-7-11(17-16-10)14(22)15-6-4-5-12(20)21/h7H,4-6H2,1-3H3,(H,15,22)(H,16,17)(H,20,21). The fourth-order valence-corrected chi connectivity index (χ4v) is 2.25. The highest BCUT2D eigenvalue weighted by molar-refractivity contribution is 5.93. The maximum Gasteiger partial charge on any atom is 0.303 e. The third kappa shape index (κ3) is 3.33. The van der Waals surface area contributed by atoms with Crippen molar-refractivity contribution in [1.82, 2.24) is 25.3 Å². The molecule has 118 valence electrons. The largest absolute Gasteiger partial charge is 0.481 e. The highest BCUT2D eigenvalue weighted by Crippen LogP contribution is 2.25. The van der Waals surface area contributed by atoms with Crippen LogP contribution in [0.2, 0.25) is 0 Å². The van der Waals surface area contributed by atoms with Crippen LogP contribution in [0, 0.1) is 13.8 Å². The first-order valence-electron chi connectivity index (χ1n) is 6.96. The summed E-state index contributed by atoms with van der Waals surface area (Å²) in [5.74, 6) is -1.18. The fourth-order valence-electron chi connectivity index (χ4n) is 2.25. The minimum absolute atomic E-state index is 0.0303. The van der Waals surface area contributed by atoms with Crippen molar-refractivity contribution in [2.75, 3.05) is 6.54 Å². The number of hydrogen-bond donors (Lipinski definition) is 3. The smallest absolute Gasteiger partial charge is 0.303 e. The molecule has 1 amide bonds. The van der Waals surface area contributed by atoms with E-state index in [1.165, 1.54) is 0 Å². The molecule has 2 aromatic rings. The lowest BCUT2D eigenvalue weighted by atomic mass is 10.1. The number of nitrogens with one attached hydrogen (secondary N) is 2. The Morgan fingerprint density at radius 1 is 1.41 bits per heavy atom. The van der Waals surface area contributed by atoms with Crippen LogP contribution in [0.5, 0.6) is 0 Å². The quantitative estimate of drug-likeness (QED) is 0.690. The average molecular weight is 305 g/mol. The summed E-state index contributed by atoms with van der Waals surface area (Å²) in [6, 6.07) is 1.67. The fraction of sp³-hybridized carbons (Fsp3) is 0.429. The number of aliphatic carboxylic acids is 1. The van der Waals surface area contributed by atoms with Crippen LogP contribution in [-0.4, -0.2) is 43.5 Å². The first-order valence-corrected chi connectivity index (χ1v) is 6.96. The van der Waals surface area contributed by atoms with Gasteiger partial charge in [-0.25, -0.2) is 0 Å². The molecule has 0 aliphatic heterocycles. The van der Waals surface area contributed by atoms with Crippen molar-refractivity contribution in [2.45, 2.75) is 26.7 Å². The Hall–Kier alpha value is -2.64. The van der Waals surface area contributed by atoms with Crippen LogP contribution in [0.4, 0.5) is 0 Å². The molecule has 0 spiro atoms. The van der Waals surface area contributed by atoms with E-state index in [2.05, 4.69) is 20.6 Å². The zero-order valence-electron chi connectivity index (χ0n) is 12.8. The minimum atomic E-state index is -0.874. The van der Waals surface area contributed by atoms with Crippen LogP contribution in [0.25, 0.3) is 11.3 Å². The summed E-state index contributed by atoms with van der Waals surface area (Å²) >= 11 is 0. The number of nitrogens with zero attached hydrogens (tertiary/aromatic N) is 3. The molecule has 0 saturated carbocycles. The van der Waals surface area contributed by atoms with E-state index in [1.807, 2.05) is 20.9 Å². The van der Waals surface area contributed by atoms with Gasteiger partial charge < -0.3 is 10.4 Å². The second-order valence-corrected chi connectivity index (χ2v) is 5.09. The lowest BCUT2D eigenvalue weighted by Gasteiger charge is -2.01. The van der Waals surface area contributed by atoms with E-state index in [0.29, 0.717) is 24.4 Å². The molecule has 0 bridgehead atoms. The number of H-pyrrole nitrogens is 1. The third-order valence-corrected chi connectivity index (χ3v) is 3.44. The Morgan fingerprint density at radius 2 is 2.14 bits per heavy atom. The van der Waals surface area contributed by atoms with Crippen LogP contribution in [0.15, 0.2) is 6.07 Å². The summed E-state index contributed by atoms with van der Waals surface area (Å²) in [4.78, 5) is 22.4. The van der Waals surface area contributed by atoms with Gasteiger partial charge in [0.25, 0.3) is 5.91 Å². The molecule has 2 aromatic heterocycles. The highest BCUT2D eigenvalue weighted by atomic mass is 16.4. The van der Waals surface area contributed by atoms with Gasteiger partial charge in [0, 0.05) is 31.3 Å². The first kappa shape index (κ1) is 15.7. The second kappa shape index (κ2) is 6.42. The van der Waals surface area contributed by atoms with Gasteiger partial charge >= 0.3 is 5.97 Å². The Morgan fingerprint density at radius 3 is 2.73 bits per heavy atom. The second-order valence-electron chi connectivity index (χ2n) is 5.09. The van der Waals surface area contributed by atoms with Crippen molar-refractivity contribution >= 4 is 11.9 Å². The molecule has 0 aromatic carbocycles. The maximum absolute atomic E-state index is 12.0. The molecule has 8 nitrogen and oxygen atoms in total. The van der Waals surface area contributed by atoms with Crippen molar-refractivity contribution < 1.29 is 14.7 Å². The van der Waals surface area contributed by atoms with Crippen molar-refractivity contribution in [2.24, 2.45) is 7.05 Å². The summed E-state index contributed by atoms with van der Waals surface area (Å²) < 4.78 is 1.77. The molecule has 2 heterocycles. The zero-order chi connectivity index (χ0) is 16.3. The molecule has 2 rings (SSSR count). The molecule has 3 N–H and O–H groups in total. The molecule has 0 saturated heterocycles. The molecule has 22 heavy (non-hydrogen) atoms. The van der Waals surface area contributed by atoms with Gasteiger partial charge in [0.1, 0.15) is 5.69 Å². The molecule has 0 atom stereocenters. The summed E-state index contributed by atoms with van der Waals surface area (Å²) in [5, 5.41) is 22.4. The molecule has 0 radical (unpaired) electrons. The Balaban J connectivity index is 2.05. The zero-order valence-corrected chi connectivity index (χ0v) is 12.8. The first-order chi connectivity index (χ1) is 10.4. The number of carboxylic acids is 1. The summed E-state index contributed by atoms with van der Waals surface area (Å²) in [7, 11) is 1.86. The van der Waals surface area contributed by atoms with E-state index in [4.69, 9.17) is 5.11 Å². The van der Waals surface area contributed by atoms with Crippen LogP contribution in [-0.2, 0) is 11.8 Å². The summed E-state index contributed by atoms with van der Waals surface area (Å²) in [6.07, 6.45) is 0.422. The minimum Gasteiger partial charge on any atom is -0.481 e. The molecule has 8 heteroatoms. The van der Waals surface area contributed by atoms with Gasteiger partial charge in [-0.2, -0.15) is 10.2 Å². The van der Waals surface area contributed by atoms with Crippen molar-refractivity contribution in [1.29, 1.82) is 0 Å². The number of amides is 1. The number of carbonyl (C=O) groups excluding carboxylic acids is 1. The molecule has 0 unspecified atom stereocenters. The van der Waals surface area contributed by atoms with Crippen molar-refractivity contribution in [3.8, 4) is 11.3 Å². The maximum atomic E-state index is 12.0. The summed E-state index contributed by atoms with van der Waals surface area (Å²) in [6.45, 7) is 4.14. The molecular weight excluding hydrogens is 286 g/mol. The highest BCUT2D eigenvalue weighted by Gasteiger charge is 2.16. The molecule has 0 aliphatic carbocycles. The van der Waals surface area contributed by atoms with E-state index < -0.39 is 5.97 Å². The third-order valence-electron chi connectivity index (χ3n) is 3.44. The Bertz CT molecular complexity index is 701. The molecule has 0 fully saturated rings. The summed E-state index contributed by atoms with van der Waals surface area (Å²) in [5.41, 5.74) is 3.73. The van der Waals surface area contributed by atoms with Gasteiger partial charge in [-0.3, -0.25) is 19.4 Å². The van der Waals surface area contributed by atoms with Crippen LogP contribution < -0.4 is 5.32 Å². The van der Waals surface area contributed by atoms with E-state index >= 15 is 0 Å². The van der Waals surface area contributed by atoms with Crippen molar-refractivity contribution in [3.05, 3.63) is 23.1 Å². The van der Waals surface area contributed by atoms with Gasteiger partial charge in [0.05, 0.1) is 11.4 Å². The lowest BCUT2D eigenvalue weighted by molar-refractivity contribution is -0.137. The Kier molecular flexibility index (Phi) is 4.59. The van der Waals surface area contributed by atoms with Gasteiger partial charge in [-0.15, -0.1) is 0 Å². The van der Waals surface area contributed by atoms with Gasteiger partial charge in [-0.1, -0.05) is 0 Å². The van der Waals surface area contributed by atoms with Crippen LogP contribution in [0.3, 0.4) is 0 Å². The SMILES string of the molecule is Cc1nn(C)c(C)c1-c1cc(C(=O)NCCCC(=O)O)[nH]n1. The van der Waals surface area contributed by atoms with Gasteiger partial charge in [0.15, 0.2) is 0 Å². The number of carboxylic acid groups (broad SMARTS) is 1. The van der Waals surface area contributed by atoms with E-state index in [-0.39, 0.29) is 12.3 Å². The topological polar surface area (TPSA) is 113 Å². The predicted octanol–water partition coefficient (Wildman–Crippen LogP) is 1.02. The number of carbonyl (C=O) groups is 2. The van der Waals surface area contributed by atoms with Crippen LogP contribution >= 0.6 is 0 Å². The Labute approximate surface area is 127 Å². The van der Waals surface area contributed by atoms with Crippen LogP contribution in [0.1, 0.15) is 34.7 Å². The van der Waals surface area contributed by atoms with Crippen molar-refractivity contribution in [3.63, 3.8) is 0 Å². The van der Waals surface area contributed by atoms with E-state index in [0.717, 1.165) is 17.0 Å². The number of rotatable bonds is 6. The average Bonchev–Trinajstić information content (AvgIpc) is 3.00. The van der Waals surface area contributed by atoms with Gasteiger partial charge in [0.2, 0.25) is 0 Å². The predicted molar refractivity (Wildman–Crippen MR) is 79.5 cm³/mol. The molecular formula is C14H19N5O3. The normalized spacial score (nSPS) is 10.7. The van der Waals surface area contributed by atoms with Gasteiger partial charge in [-0.05, 0) is 26.3 Å². The van der Waals surface area contributed by atoms with E-state index in [9.17, 15) is 9.59 Å².